The first-order chi connectivity index (χ1) is 8.11. The van der Waals surface area contributed by atoms with Gasteiger partial charge in [-0.15, -0.1) is 13.2 Å². The third-order valence-electron chi connectivity index (χ3n) is 2.51. The predicted octanol–water partition coefficient (Wildman–Crippen LogP) is 3.29. The van der Waals surface area contributed by atoms with Crippen molar-refractivity contribution in [1.82, 2.24) is 0 Å². The molecule has 1 rings (SSSR count). The maximum atomic E-state index is 10.3. The van der Waals surface area contributed by atoms with Gasteiger partial charge in [-0.3, -0.25) is 0 Å². The second-order valence-electron chi connectivity index (χ2n) is 3.98. The number of hydrogen-bond donors (Lipinski definition) is 2. The SMILES string of the molecule is C=CCC(O)(/C=C\c1ccccc1O)CC=C. The van der Waals surface area contributed by atoms with Crippen molar-refractivity contribution in [3.63, 3.8) is 0 Å². The van der Waals surface area contributed by atoms with E-state index in [0.717, 1.165) is 0 Å². The zero-order valence-electron chi connectivity index (χ0n) is 9.84. The van der Waals surface area contributed by atoms with Gasteiger partial charge in [-0.1, -0.05) is 42.5 Å². The van der Waals surface area contributed by atoms with E-state index in [9.17, 15) is 10.2 Å². The van der Waals surface area contributed by atoms with E-state index in [4.69, 9.17) is 0 Å². The first-order valence-corrected chi connectivity index (χ1v) is 5.53. The molecule has 17 heavy (non-hydrogen) atoms. The number of phenolic OH excluding ortho intramolecular Hbond substituents is 1. The van der Waals surface area contributed by atoms with Gasteiger partial charge >= 0.3 is 0 Å². The van der Waals surface area contributed by atoms with Crippen LogP contribution in [0.4, 0.5) is 0 Å². The average molecular weight is 230 g/mol. The summed E-state index contributed by atoms with van der Waals surface area (Å²) in [5.74, 6) is 0.198. The van der Waals surface area contributed by atoms with Crippen LogP contribution in [0.3, 0.4) is 0 Å². The van der Waals surface area contributed by atoms with Crippen molar-refractivity contribution in [1.29, 1.82) is 0 Å². The van der Waals surface area contributed by atoms with E-state index >= 15 is 0 Å². The zero-order valence-corrected chi connectivity index (χ0v) is 9.84. The lowest BCUT2D eigenvalue weighted by molar-refractivity contribution is 0.0986. The van der Waals surface area contributed by atoms with Crippen LogP contribution in [-0.2, 0) is 0 Å². The fourth-order valence-corrected chi connectivity index (χ4v) is 1.59. The molecule has 0 saturated heterocycles. The second-order valence-corrected chi connectivity index (χ2v) is 3.98. The van der Waals surface area contributed by atoms with Crippen LogP contribution in [0.5, 0.6) is 5.75 Å². The van der Waals surface area contributed by atoms with Crippen LogP contribution in [0.2, 0.25) is 0 Å². The molecule has 0 amide bonds. The van der Waals surface area contributed by atoms with Crippen LogP contribution in [-0.4, -0.2) is 15.8 Å². The molecule has 0 saturated carbocycles. The van der Waals surface area contributed by atoms with Gasteiger partial charge in [0.05, 0.1) is 5.60 Å². The van der Waals surface area contributed by atoms with Crippen LogP contribution in [0, 0.1) is 0 Å². The van der Waals surface area contributed by atoms with Gasteiger partial charge in [-0.25, -0.2) is 0 Å². The molecule has 1 aromatic carbocycles. The molecule has 0 radical (unpaired) electrons. The monoisotopic (exact) mass is 230 g/mol. The van der Waals surface area contributed by atoms with Crippen molar-refractivity contribution in [2.24, 2.45) is 0 Å². The van der Waals surface area contributed by atoms with Crippen molar-refractivity contribution in [2.75, 3.05) is 0 Å². The largest absolute Gasteiger partial charge is 0.507 e. The standard InChI is InChI=1S/C15H18O2/c1-3-10-15(17,11-4-2)12-9-13-7-5-6-8-14(13)16/h3-9,12,16-17H,1-2,10-11H2/b12-9-. The fourth-order valence-electron chi connectivity index (χ4n) is 1.59. The molecule has 0 aliphatic heterocycles. The van der Waals surface area contributed by atoms with Gasteiger partial charge in [0.1, 0.15) is 5.75 Å². The van der Waals surface area contributed by atoms with Crippen LogP contribution in [0.1, 0.15) is 18.4 Å². The smallest absolute Gasteiger partial charge is 0.122 e. The molecule has 2 nitrogen and oxygen atoms in total. The van der Waals surface area contributed by atoms with E-state index in [1.165, 1.54) is 0 Å². The highest BCUT2D eigenvalue weighted by Crippen LogP contribution is 2.23. The Morgan fingerprint density at radius 1 is 1.12 bits per heavy atom. The third kappa shape index (κ3) is 3.93. The Bertz CT molecular complexity index is 409. The van der Waals surface area contributed by atoms with E-state index < -0.39 is 5.60 Å². The summed E-state index contributed by atoms with van der Waals surface area (Å²) in [6.45, 7) is 7.25. The lowest BCUT2D eigenvalue weighted by Gasteiger charge is -2.21. The molecular weight excluding hydrogens is 212 g/mol. The topological polar surface area (TPSA) is 40.5 Å². The van der Waals surface area contributed by atoms with Crippen molar-refractivity contribution in [2.45, 2.75) is 18.4 Å². The number of benzene rings is 1. The maximum Gasteiger partial charge on any atom is 0.122 e. The van der Waals surface area contributed by atoms with E-state index in [1.54, 1.807) is 42.5 Å². The van der Waals surface area contributed by atoms with Gasteiger partial charge in [0, 0.05) is 5.56 Å². The Morgan fingerprint density at radius 2 is 1.71 bits per heavy atom. The second kappa shape index (κ2) is 6.06. The van der Waals surface area contributed by atoms with Gasteiger partial charge in [0.15, 0.2) is 0 Å². The predicted molar refractivity (Wildman–Crippen MR) is 71.7 cm³/mol. The number of rotatable bonds is 6. The molecule has 2 heteroatoms. The fraction of sp³-hybridized carbons (Fsp3) is 0.200. The lowest BCUT2D eigenvalue weighted by atomic mass is 9.94. The van der Waals surface area contributed by atoms with Gasteiger partial charge < -0.3 is 10.2 Å². The molecular formula is C15H18O2. The first kappa shape index (κ1) is 13.3. The number of para-hydroxylation sites is 1. The molecule has 0 spiro atoms. The van der Waals surface area contributed by atoms with Crippen LogP contribution < -0.4 is 0 Å². The number of phenols is 1. The molecule has 0 fully saturated rings. The van der Waals surface area contributed by atoms with Crippen molar-refractivity contribution in [3.8, 4) is 5.75 Å². The molecule has 0 aliphatic carbocycles. The Morgan fingerprint density at radius 3 is 2.24 bits per heavy atom. The Balaban J connectivity index is 2.90. The molecule has 0 atom stereocenters. The summed E-state index contributed by atoms with van der Waals surface area (Å²) in [6.07, 6.45) is 7.61. The normalized spacial score (nSPS) is 11.6. The van der Waals surface area contributed by atoms with Crippen molar-refractivity contribution >= 4 is 6.08 Å². The third-order valence-corrected chi connectivity index (χ3v) is 2.51. The highest BCUT2D eigenvalue weighted by atomic mass is 16.3. The summed E-state index contributed by atoms with van der Waals surface area (Å²) in [6, 6.07) is 6.99. The molecule has 0 aliphatic rings. The van der Waals surface area contributed by atoms with E-state index in [0.29, 0.717) is 18.4 Å². The summed E-state index contributed by atoms with van der Waals surface area (Å²) >= 11 is 0. The summed E-state index contributed by atoms with van der Waals surface area (Å²) < 4.78 is 0. The molecule has 0 aromatic heterocycles. The number of aliphatic hydroxyl groups is 1. The summed E-state index contributed by atoms with van der Waals surface area (Å²) in [5, 5.41) is 19.8. The number of hydrogen-bond acceptors (Lipinski definition) is 2. The Hall–Kier alpha value is -1.80. The zero-order chi connectivity index (χ0) is 12.7. The molecule has 2 N–H and O–H groups in total. The molecule has 90 valence electrons. The summed E-state index contributed by atoms with van der Waals surface area (Å²) in [4.78, 5) is 0. The van der Waals surface area contributed by atoms with Gasteiger partial charge in [0.2, 0.25) is 0 Å². The van der Waals surface area contributed by atoms with Gasteiger partial charge in [0.25, 0.3) is 0 Å². The van der Waals surface area contributed by atoms with Crippen LogP contribution in [0.25, 0.3) is 6.08 Å². The Kier molecular flexibility index (Phi) is 4.73. The quantitative estimate of drug-likeness (QED) is 0.736. The minimum absolute atomic E-state index is 0.198. The van der Waals surface area contributed by atoms with Gasteiger partial charge in [-0.2, -0.15) is 0 Å². The van der Waals surface area contributed by atoms with E-state index in [1.807, 2.05) is 6.07 Å². The van der Waals surface area contributed by atoms with Crippen molar-refractivity contribution < 1.29 is 10.2 Å². The average Bonchev–Trinajstić information content (AvgIpc) is 2.29. The molecule has 1 aromatic rings. The molecule has 0 bridgehead atoms. The highest BCUT2D eigenvalue weighted by molar-refractivity contribution is 5.57. The minimum Gasteiger partial charge on any atom is -0.507 e. The lowest BCUT2D eigenvalue weighted by Crippen LogP contribution is -2.23. The summed E-state index contributed by atoms with van der Waals surface area (Å²) in [5.41, 5.74) is -0.301. The van der Waals surface area contributed by atoms with Crippen LogP contribution >= 0.6 is 0 Å². The molecule has 0 heterocycles. The van der Waals surface area contributed by atoms with E-state index in [-0.39, 0.29) is 5.75 Å². The summed E-state index contributed by atoms with van der Waals surface area (Å²) in [7, 11) is 0. The van der Waals surface area contributed by atoms with Gasteiger partial charge in [-0.05, 0) is 18.9 Å². The highest BCUT2D eigenvalue weighted by Gasteiger charge is 2.19. The molecule has 0 unspecified atom stereocenters. The van der Waals surface area contributed by atoms with E-state index in [2.05, 4.69) is 13.2 Å². The van der Waals surface area contributed by atoms with Crippen LogP contribution in [0.15, 0.2) is 55.7 Å². The first-order valence-electron chi connectivity index (χ1n) is 5.53. The maximum absolute atomic E-state index is 10.3. The number of aromatic hydroxyl groups is 1. The van der Waals surface area contributed by atoms with Crippen molar-refractivity contribution in [3.05, 3.63) is 61.2 Å². The Labute approximate surface area is 102 Å². The minimum atomic E-state index is -0.980.